The SMILES string of the molecule is CCOc1c(S(=O)(=O)C(F)(F)Cl)c(C#N)nn1-c1c(Cl)cc(C(F)(F)F)cc1Cl. The van der Waals surface area contributed by atoms with E-state index >= 15 is 0 Å². The molecule has 0 N–H and O–H groups in total. The summed E-state index contributed by atoms with van der Waals surface area (Å²) in [6.07, 6.45) is -4.81. The van der Waals surface area contributed by atoms with Crippen molar-refractivity contribution in [3.05, 3.63) is 33.4 Å². The Hall–Kier alpha value is -1.81. The van der Waals surface area contributed by atoms with E-state index in [9.17, 15) is 30.4 Å². The van der Waals surface area contributed by atoms with Crippen molar-refractivity contribution in [3.8, 4) is 17.6 Å². The van der Waals surface area contributed by atoms with Crippen LogP contribution >= 0.6 is 34.8 Å². The first-order valence-corrected chi connectivity index (χ1v) is 9.82. The lowest BCUT2D eigenvalue weighted by atomic mass is 10.2. The van der Waals surface area contributed by atoms with E-state index in [4.69, 9.17) is 33.2 Å². The zero-order valence-electron chi connectivity index (χ0n) is 13.9. The van der Waals surface area contributed by atoms with Crippen LogP contribution in [0.2, 0.25) is 10.0 Å². The lowest BCUT2D eigenvalue weighted by molar-refractivity contribution is -0.137. The maximum atomic E-state index is 13.5. The number of halogens is 8. The third kappa shape index (κ3) is 4.23. The maximum Gasteiger partial charge on any atom is 0.427 e. The van der Waals surface area contributed by atoms with Crippen LogP contribution in [0.15, 0.2) is 17.0 Å². The monoisotopic (exact) mass is 497 g/mol. The average Bonchev–Trinajstić information content (AvgIpc) is 2.91. The second-order valence-electron chi connectivity index (χ2n) is 5.17. The van der Waals surface area contributed by atoms with Crippen molar-refractivity contribution >= 4 is 44.6 Å². The molecule has 0 radical (unpaired) electrons. The molecule has 1 aromatic carbocycles. The van der Waals surface area contributed by atoms with Gasteiger partial charge in [-0.1, -0.05) is 23.2 Å². The minimum atomic E-state index is -5.68. The minimum Gasteiger partial charge on any atom is -0.477 e. The topological polar surface area (TPSA) is 85.0 Å². The molecule has 0 saturated carbocycles. The van der Waals surface area contributed by atoms with Crippen molar-refractivity contribution in [1.82, 2.24) is 9.78 Å². The van der Waals surface area contributed by atoms with Crippen LogP contribution in [-0.4, -0.2) is 29.5 Å². The Morgan fingerprint density at radius 3 is 2.10 bits per heavy atom. The highest BCUT2D eigenvalue weighted by Gasteiger charge is 2.49. The highest BCUT2D eigenvalue weighted by atomic mass is 35.5. The molecule has 0 atom stereocenters. The summed E-state index contributed by atoms with van der Waals surface area (Å²) in [7, 11) is -5.68. The van der Waals surface area contributed by atoms with E-state index in [0.717, 1.165) is 0 Å². The summed E-state index contributed by atoms with van der Waals surface area (Å²) in [5.41, 5.74) is -2.82. The molecule has 0 aliphatic carbocycles. The van der Waals surface area contributed by atoms with Gasteiger partial charge in [-0.2, -0.15) is 37.0 Å². The van der Waals surface area contributed by atoms with Gasteiger partial charge in [0.15, 0.2) is 10.6 Å². The molecule has 0 bridgehead atoms. The summed E-state index contributed by atoms with van der Waals surface area (Å²) < 4.78 is 90.6. The summed E-state index contributed by atoms with van der Waals surface area (Å²) in [6.45, 7) is 1.04. The summed E-state index contributed by atoms with van der Waals surface area (Å²) in [4.78, 5) is -1.37. The first-order valence-electron chi connectivity index (χ1n) is 7.20. The summed E-state index contributed by atoms with van der Waals surface area (Å²) in [5.74, 6) is -0.923. The van der Waals surface area contributed by atoms with Gasteiger partial charge in [0.25, 0.3) is 9.84 Å². The molecule has 0 unspecified atom stereocenters. The number of nitrogens with zero attached hydrogens (tertiary/aromatic N) is 3. The van der Waals surface area contributed by atoms with Gasteiger partial charge in [0.2, 0.25) is 5.88 Å². The average molecular weight is 499 g/mol. The number of rotatable bonds is 5. The molecule has 0 aliphatic rings. The maximum absolute atomic E-state index is 13.5. The second-order valence-corrected chi connectivity index (χ2v) is 8.62. The van der Waals surface area contributed by atoms with Gasteiger partial charge < -0.3 is 4.74 Å². The van der Waals surface area contributed by atoms with Gasteiger partial charge >= 0.3 is 10.9 Å². The van der Waals surface area contributed by atoms with Gasteiger partial charge in [0.05, 0.1) is 22.2 Å². The molecule has 0 spiro atoms. The van der Waals surface area contributed by atoms with Gasteiger partial charge in [-0.3, -0.25) is 0 Å². The fourth-order valence-corrected chi connectivity index (χ4v) is 3.99. The first-order chi connectivity index (χ1) is 13.2. The van der Waals surface area contributed by atoms with Crippen LogP contribution < -0.4 is 4.74 Å². The molecule has 1 aromatic heterocycles. The Morgan fingerprint density at radius 2 is 1.72 bits per heavy atom. The quantitative estimate of drug-likeness (QED) is 0.426. The van der Waals surface area contributed by atoms with Crippen molar-refractivity contribution < 1.29 is 35.1 Å². The third-order valence-corrected chi connectivity index (χ3v) is 6.02. The Kier molecular flexibility index (Phi) is 6.30. The number of benzene rings is 1. The molecule has 15 heteroatoms. The van der Waals surface area contributed by atoms with Crippen LogP contribution in [0.5, 0.6) is 5.88 Å². The van der Waals surface area contributed by atoms with Crippen LogP contribution in [-0.2, 0) is 16.0 Å². The van der Waals surface area contributed by atoms with Crippen molar-refractivity contribution in [2.75, 3.05) is 6.61 Å². The summed E-state index contributed by atoms with van der Waals surface area (Å²) in [5, 5.41) is 11.3. The number of aromatic nitrogens is 2. The predicted octanol–water partition coefficient (Wildman–Crippen LogP) is 5.03. The minimum absolute atomic E-state index is 0.303. The van der Waals surface area contributed by atoms with Crippen LogP contribution in [0, 0.1) is 11.3 Å². The number of sulfone groups is 1. The number of alkyl halides is 6. The van der Waals surface area contributed by atoms with E-state index in [-0.39, 0.29) is 6.61 Å². The Morgan fingerprint density at radius 1 is 1.21 bits per heavy atom. The highest BCUT2D eigenvalue weighted by molar-refractivity contribution is 7.93. The highest BCUT2D eigenvalue weighted by Crippen LogP contribution is 2.43. The van der Waals surface area contributed by atoms with Crippen molar-refractivity contribution in [2.24, 2.45) is 0 Å². The number of ether oxygens (including phenoxy) is 1. The van der Waals surface area contributed by atoms with E-state index in [0.29, 0.717) is 16.8 Å². The van der Waals surface area contributed by atoms with Gasteiger partial charge in [0, 0.05) is 0 Å². The smallest absolute Gasteiger partial charge is 0.427 e. The summed E-state index contributed by atoms with van der Waals surface area (Å²) in [6, 6.07) is 2.20. The normalized spacial score (nSPS) is 12.7. The second kappa shape index (κ2) is 7.79. The molecular formula is C14H7Cl3F5N3O3S. The predicted molar refractivity (Wildman–Crippen MR) is 92.5 cm³/mol. The van der Waals surface area contributed by atoms with E-state index in [1.54, 1.807) is 0 Å². The van der Waals surface area contributed by atoms with E-state index in [2.05, 4.69) is 16.7 Å². The van der Waals surface area contributed by atoms with Gasteiger partial charge in [0.1, 0.15) is 11.8 Å². The molecule has 6 nitrogen and oxygen atoms in total. The number of nitriles is 1. The lowest BCUT2D eigenvalue weighted by Crippen LogP contribution is -2.23. The Bertz CT molecular complexity index is 1080. The Balaban J connectivity index is 2.92. The summed E-state index contributed by atoms with van der Waals surface area (Å²) >= 11 is 16.3. The first kappa shape index (κ1) is 23.5. The van der Waals surface area contributed by atoms with Crippen LogP contribution in [0.1, 0.15) is 18.2 Å². The van der Waals surface area contributed by atoms with Gasteiger partial charge in [-0.05, 0) is 30.7 Å². The molecule has 0 aliphatic heterocycles. The molecular weight excluding hydrogens is 492 g/mol. The van der Waals surface area contributed by atoms with Crippen LogP contribution in [0.25, 0.3) is 5.69 Å². The van der Waals surface area contributed by atoms with E-state index in [1.807, 2.05) is 0 Å². The van der Waals surface area contributed by atoms with Crippen LogP contribution in [0.3, 0.4) is 0 Å². The van der Waals surface area contributed by atoms with E-state index in [1.165, 1.54) is 13.0 Å². The van der Waals surface area contributed by atoms with Crippen LogP contribution in [0.4, 0.5) is 22.0 Å². The van der Waals surface area contributed by atoms with Gasteiger partial charge in [-0.25, -0.2) is 8.42 Å². The molecule has 1 heterocycles. The molecule has 0 amide bonds. The molecule has 2 aromatic rings. The molecule has 2 rings (SSSR count). The number of hydrogen-bond acceptors (Lipinski definition) is 5. The van der Waals surface area contributed by atoms with Crippen molar-refractivity contribution in [3.63, 3.8) is 0 Å². The van der Waals surface area contributed by atoms with Gasteiger partial charge in [-0.15, -0.1) is 0 Å². The van der Waals surface area contributed by atoms with Crippen molar-refractivity contribution in [1.29, 1.82) is 5.26 Å². The largest absolute Gasteiger partial charge is 0.477 e. The standard InChI is InChI=1S/C14H7Cl3F5N3O3S/c1-2-28-12-11(29(26,27)14(17,21)22)9(5-23)24-25(12)10-7(15)3-6(4-8(10)16)13(18,19)20/h3-4H,2H2,1H3. The number of hydrogen-bond donors (Lipinski definition) is 0. The molecule has 0 fully saturated rings. The molecule has 158 valence electrons. The molecule has 0 saturated heterocycles. The zero-order chi connectivity index (χ0) is 22.4. The third-order valence-electron chi connectivity index (χ3n) is 3.32. The van der Waals surface area contributed by atoms with Crippen molar-refractivity contribution in [2.45, 2.75) is 22.7 Å². The van der Waals surface area contributed by atoms with E-state index < -0.39 is 58.5 Å². The Labute approximate surface area is 175 Å². The fourth-order valence-electron chi connectivity index (χ4n) is 2.17. The zero-order valence-corrected chi connectivity index (χ0v) is 16.9. The fraction of sp³-hybridized carbons (Fsp3) is 0.286. The molecule has 29 heavy (non-hydrogen) atoms. The lowest BCUT2D eigenvalue weighted by Gasteiger charge is -2.15.